The van der Waals surface area contributed by atoms with E-state index in [-0.39, 0.29) is 23.9 Å². The molecule has 0 radical (unpaired) electrons. The van der Waals surface area contributed by atoms with Crippen LogP contribution in [-0.2, 0) is 20.8 Å². The van der Waals surface area contributed by atoms with Gasteiger partial charge in [-0.05, 0) is 25.3 Å². The van der Waals surface area contributed by atoms with Crippen molar-refractivity contribution in [3.63, 3.8) is 0 Å². The highest BCUT2D eigenvalue weighted by molar-refractivity contribution is 5.86. The fraction of sp³-hybridized carbons (Fsp3) is 0.619. The molecule has 1 aromatic rings. The van der Waals surface area contributed by atoms with Crippen LogP contribution >= 0.6 is 0 Å². The van der Waals surface area contributed by atoms with Gasteiger partial charge in [-0.2, -0.15) is 0 Å². The van der Waals surface area contributed by atoms with Crippen LogP contribution in [0.4, 0.5) is 9.18 Å². The Morgan fingerprint density at radius 2 is 2.03 bits per heavy atom. The maximum absolute atomic E-state index is 14.3. The monoisotopic (exact) mass is 405 g/mol. The standard InChI is InChI=1S/C21H28FN3O4/c1-15-4-3-5-16(18(15)22)12-23-8-6-21(28-2,7-9-23)19(26)24-10-11-25-17(13-24)14-29-20(25)27/h3-5,17H,6-14H2,1-2H3. The molecule has 0 aromatic heterocycles. The largest absolute Gasteiger partial charge is 0.447 e. The molecule has 3 fully saturated rings. The number of amides is 2. The van der Waals surface area contributed by atoms with Gasteiger partial charge in [0.05, 0.1) is 6.04 Å². The highest BCUT2D eigenvalue weighted by Crippen LogP contribution is 2.31. The Hall–Kier alpha value is -2.19. The average molecular weight is 405 g/mol. The molecule has 0 spiro atoms. The second kappa shape index (κ2) is 7.91. The molecule has 4 rings (SSSR count). The van der Waals surface area contributed by atoms with Gasteiger partial charge in [0.1, 0.15) is 18.0 Å². The minimum Gasteiger partial charge on any atom is -0.447 e. The lowest BCUT2D eigenvalue weighted by atomic mass is 9.88. The third kappa shape index (κ3) is 3.71. The van der Waals surface area contributed by atoms with E-state index in [9.17, 15) is 14.0 Å². The van der Waals surface area contributed by atoms with E-state index in [0.29, 0.717) is 69.8 Å². The summed E-state index contributed by atoms with van der Waals surface area (Å²) in [6.45, 7) is 5.43. The number of methoxy groups -OCH3 is 1. The van der Waals surface area contributed by atoms with Crippen molar-refractivity contribution in [1.82, 2.24) is 14.7 Å². The van der Waals surface area contributed by atoms with Crippen molar-refractivity contribution < 1.29 is 23.5 Å². The van der Waals surface area contributed by atoms with Crippen molar-refractivity contribution in [2.75, 3.05) is 46.4 Å². The van der Waals surface area contributed by atoms with Gasteiger partial charge in [-0.15, -0.1) is 0 Å². The van der Waals surface area contributed by atoms with E-state index >= 15 is 0 Å². The first kappa shape index (κ1) is 20.1. The normalized spacial score (nSPS) is 24.4. The number of nitrogens with zero attached hydrogens (tertiary/aromatic N) is 3. The zero-order chi connectivity index (χ0) is 20.6. The number of hydrogen-bond donors (Lipinski definition) is 0. The van der Waals surface area contributed by atoms with Gasteiger partial charge < -0.3 is 14.4 Å². The summed E-state index contributed by atoms with van der Waals surface area (Å²) < 4.78 is 25.2. The van der Waals surface area contributed by atoms with Crippen molar-refractivity contribution in [2.45, 2.75) is 38.0 Å². The van der Waals surface area contributed by atoms with Gasteiger partial charge in [-0.3, -0.25) is 14.6 Å². The number of hydrogen-bond acceptors (Lipinski definition) is 5. The molecule has 0 aliphatic carbocycles. The number of piperazine rings is 1. The van der Waals surface area contributed by atoms with Gasteiger partial charge in [0.15, 0.2) is 0 Å². The predicted molar refractivity (Wildman–Crippen MR) is 104 cm³/mol. The zero-order valence-corrected chi connectivity index (χ0v) is 17.0. The maximum Gasteiger partial charge on any atom is 0.410 e. The van der Waals surface area contributed by atoms with Crippen LogP contribution in [-0.4, -0.2) is 84.8 Å². The molecule has 3 saturated heterocycles. The lowest BCUT2D eigenvalue weighted by Crippen LogP contribution is -2.61. The van der Waals surface area contributed by atoms with Crippen molar-refractivity contribution in [1.29, 1.82) is 0 Å². The van der Waals surface area contributed by atoms with E-state index < -0.39 is 5.60 Å². The molecule has 8 heteroatoms. The quantitative estimate of drug-likeness (QED) is 0.764. The number of piperidine rings is 1. The molecule has 1 unspecified atom stereocenters. The smallest absolute Gasteiger partial charge is 0.410 e. The van der Waals surface area contributed by atoms with Crippen LogP contribution in [0.1, 0.15) is 24.0 Å². The van der Waals surface area contributed by atoms with Gasteiger partial charge in [0, 0.05) is 51.9 Å². The molecule has 1 atom stereocenters. The average Bonchev–Trinajstić information content (AvgIpc) is 3.12. The molecular weight excluding hydrogens is 377 g/mol. The van der Waals surface area contributed by atoms with E-state index in [1.165, 1.54) is 0 Å². The van der Waals surface area contributed by atoms with Gasteiger partial charge in [0.25, 0.3) is 5.91 Å². The zero-order valence-electron chi connectivity index (χ0n) is 17.0. The van der Waals surface area contributed by atoms with Crippen LogP contribution in [0, 0.1) is 12.7 Å². The summed E-state index contributed by atoms with van der Waals surface area (Å²) >= 11 is 0. The third-order valence-electron chi connectivity index (χ3n) is 6.51. The van der Waals surface area contributed by atoms with Crippen LogP contribution in [0.3, 0.4) is 0 Å². The van der Waals surface area contributed by atoms with Crippen LogP contribution in [0.15, 0.2) is 18.2 Å². The Labute approximate surface area is 170 Å². The summed E-state index contributed by atoms with van der Waals surface area (Å²) in [5.74, 6) is -0.168. The Bertz CT molecular complexity index is 794. The Balaban J connectivity index is 1.38. The molecule has 7 nitrogen and oxygen atoms in total. The Morgan fingerprint density at radius 1 is 1.28 bits per heavy atom. The highest BCUT2D eigenvalue weighted by atomic mass is 19.1. The van der Waals surface area contributed by atoms with Gasteiger partial charge in [0.2, 0.25) is 0 Å². The van der Waals surface area contributed by atoms with Gasteiger partial charge >= 0.3 is 6.09 Å². The van der Waals surface area contributed by atoms with Crippen LogP contribution in [0.5, 0.6) is 0 Å². The number of rotatable bonds is 4. The molecule has 0 N–H and O–H groups in total. The SMILES string of the molecule is COC1(C(=O)N2CCN3C(=O)OCC3C2)CCN(Cc2cccc(C)c2F)CC1. The molecule has 3 heterocycles. The summed E-state index contributed by atoms with van der Waals surface area (Å²) in [6, 6.07) is 5.39. The van der Waals surface area contributed by atoms with Crippen molar-refractivity contribution in [3.8, 4) is 0 Å². The number of fused-ring (bicyclic) bond motifs is 1. The van der Waals surface area contributed by atoms with E-state index in [0.717, 1.165) is 0 Å². The highest BCUT2D eigenvalue weighted by Gasteiger charge is 2.47. The molecule has 3 aliphatic rings. The molecule has 1 aromatic carbocycles. The summed E-state index contributed by atoms with van der Waals surface area (Å²) in [4.78, 5) is 30.7. The first-order chi connectivity index (χ1) is 13.9. The molecule has 29 heavy (non-hydrogen) atoms. The topological polar surface area (TPSA) is 62.3 Å². The van der Waals surface area contributed by atoms with E-state index in [1.54, 1.807) is 25.0 Å². The molecule has 0 bridgehead atoms. The lowest BCUT2D eigenvalue weighted by Gasteiger charge is -2.44. The van der Waals surface area contributed by atoms with E-state index in [1.807, 2.05) is 17.0 Å². The number of likely N-dealkylation sites (tertiary alicyclic amines) is 1. The van der Waals surface area contributed by atoms with Gasteiger partial charge in [-0.25, -0.2) is 9.18 Å². The lowest BCUT2D eigenvalue weighted by molar-refractivity contribution is -0.163. The van der Waals surface area contributed by atoms with Crippen molar-refractivity contribution in [3.05, 3.63) is 35.1 Å². The minimum absolute atomic E-state index is 0.0135. The summed E-state index contributed by atoms with van der Waals surface area (Å²) in [5, 5.41) is 0. The molecule has 2 amide bonds. The number of carbonyl (C=O) groups excluding carboxylic acids is 2. The number of benzene rings is 1. The predicted octanol–water partition coefficient (Wildman–Crippen LogP) is 1.78. The first-order valence-electron chi connectivity index (χ1n) is 10.2. The molecule has 158 valence electrons. The fourth-order valence-corrected chi connectivity index (χ4v) is 4.61. The molecular formula is C21H28FN3O4. The Kier molecular flexibility index (Phi) is 5.48. The van der Waals surface area contributed by atoms with Crippen LogP contribution in [0.2, 0.25) is 0 Å². The number of carbonyl (C=O) groups is 2. The fourth-order valence-electron chi connectivity index (χ4n) is 4.61. The molecule has 3 aliphatic heterocycles. The second-order valence-electron chi connectivity index (χ2n) is 8.20. The summed E-state index contributed by atoms with van der Waals surface area (Å²) in [5.41, 5.74) is 0.477. The number of cyclic esters (lactones) is 1. The first-order valence-corrected chi connectivity index (χ1v) is 10.2. The van der Waals surface area contributed by atoms with E-state index in [4.69, 9.17) is 9.47 Å². The summed E-state index contributed by atoms with van der Waals surface area (Å²) in [7, 11) is 1.59. The molecule has 0 saturated carbocycles. The number of ether oxygens (including phenoxy) is 2. The second-order valence-corrected chi connectivity index (χ2v) is 8.20. The van der Waals surface area contributed by atoms with Crippen molar-refractivity contribution in [2.24, 2.45) is 0 Å². The number of aryl methyl sites for hydroxylation is 1. The maximum atomic E-state index is 14.3. The third-order valence-corrected chi connectivity index (χ3v) is 6.51. The van der Waals surface area contributed by atoms with Crippen LogP contribution < -0.4 is 0 Å². The van der Waals surface area contributed by atoms with Crippen LogP contribution in [0.25, 0.3) is 0 Å². The van der Waals surface area contributed by atoms with E-state index in [2.05, 4.69) is 4.90 Å². The minimum atomic E-state index is -0.854. The Morgan fingerprint density at radius 3 is 2.76 bits per heavy atom. The van der Waals surface area contributed by atoms with Gasteiger partial charge in [-0.1, -0.05) is 18.2 Å². The summed E-state index contributed by atoms with van der Waals surface area (Å²) in [6.07, 6.45) is 0.840. The van der Waals surface area contributed by atoms with Crippen molar-refractivity contribution >= 4 is 12.0 Å². The number of halogens is 1.